The molecular weight excluding hydrogens is 238 g/mol. The van der Waals surface area contributed by atoms with Gasteiger partial charge in [-0.2, -0.15) is 0 Å². The number of aliphatic hydroxyl groups is 1. The molecule has 1 heterocycles. The Kier molecular flexibility index (Phi) is 4.59. The van der Waals surface area contributed by atoms with E-state index in [1.165, 1.54) is 0 Å². The third kappa shape index (κ3) is 3.15. The van der Waals surface area contributed by atoms with Gasteiger partial charge in [0.25, 0.3) is 5.91 Å². The lowest BCUT2D eigenvalue weighted by Crippen LogP contribution is -2.29. The van der Waals surface area contributed by atoms with Crippen LogP contribution in [0.5, 0.6) is 0 Å². The van der Waals surface area contributed by atoms with E-state index in [-0.39, 0.29) is 12.5 Å². The van der Waals surface area contributed by atoms with E-state index in [2.05, 4.69) is 18.8 Å². The minimum atomic E-state index is -0.190. The van der Waals surface area contributed by atoms with E-state index in [1.54, 1.807) is 0 Å². The molecule has 1 aromatic rings. The van der Waals surface area contributed by atoms with Gasteiger partial charge in [-0.25, -0.2) is 0 Å². The second kappa shape index (κ2) is 6.40. The van der Waals surface area contributed by atoms with Crippen molar-refractivity contribution >= 4 is 5.91 Å². The number of carbonyl (C=O) groups excluding carboxylic acids is 1. The van der Waals surface area contributed by atoms with Gasteiger partial charge in [0.1, 0.15) is 6.61 Å². The van der Waals surface area contributed by atoms with Crippen LogP contribution in [0.3, 0.4) is 0 Å². The van der Waals surface area contributed by atoms with E-state index in [0.29, 0.717) is 17.0 Å². The summed E-state index contributed by atoms with van der Waals surface area (Å²) in [5.74, 6) is 6.13. The SMILES string of the molecule is CCC1CCN(C(=O)c2ccccc2C#CCO)C1. The average molecular weight is 257 g/mol. The molecule has 2 rings (SSSR count). The van der Waals surface area contributed by atoms with Gasteiger partial charge in [0.15, 0.2) is 0 Å². The molecule has 19 heavy (non-hydrogen) atoms. The van der Waals surface area contributed by atoms with Crippen molar-refractivity contribution in [3.05, 3.63) is 35.4 Å². The topological polar surface area (TPSA) is 40.5 Å². The first-order valence-electron chi connectivity index (χ1n) is 6.74. The lowest BCUT2D eigenvalue weighted by molar-refractivity contribution is 0.0786. The molecule has 1 aliphatic rings. The first-order valence-corrected chi connectivity index (χ1v) is 6.74. The lowest BCUT2D eigenvalue weighted by atomic mass is 10.1. The summed E-state index contributed by atoms with van der Waals surface area (Å²) in [5, 5.41) is 8.77. The van der Waals surface area contributed by atoms with E-state index in [0.717, 1.165) is 25.9 Å². The van der Waals surface area contributed by atoms with Gasteiger partial charge in [0.05, 0.1) is 5.56 Å². The molecular formula is C16H19NO2. The summed E-state index contributed by atoms with van der Waals surface area (Å²) in [4.78, 5) is 14.4. The Labute approximate surface area is 114 Å². The Morgan fingerprint density at radius 1 is 1.47 bits per heavy atom. The zero-order chi connectivity index (χ0) is 13.7. The van der Waals surface area contributed by atoms with E-state index in [4.69, 9.17) is 5.11 Å². The molecule has 0 spiro atoms. The third-order valence-corrected chi connectivity index (χ3v) is 3.61. The Balaban J connectivity index is 2.20. The zero-order valence-electron chi connectivity index (χ0n) is 11.2. The highest BCUT2D eigenvalue weighted by Gasteiger charge is 2.26. The quantitative estimate of drug-likeness (QED) is 0.822. The van der Waals surface area contributed by atoms with Crippen molar-refractivity contribution in [3.8, 4) is 11.8 Å². The van der Waals surface area contributed by atoms with Crippen molar-refractivity contribution in [2.24, 2.45) is 5.92 Å². The Morgan fingerprint density at radius 3 is 2.95 bits per heavy atom. The monoisotopic (exact) mass is 257 g/mol. The van der Waals surface area contributed by atoms with Crippen molar-refractivity contribution in [3.63, 3.8) is 0 Å². The molecule has 0 aliphatic carbocycles. The minimum Gasteiger partial charge on any atom is -0.384 e. The molecule has 0 bridgehead atoms. The summed E-state index contributed by atoms with van der Waals surface area (Å²) in [6, 6.07) is 7.34. The van der Waals surface area contributed by atoms with Crippen molar-refractivity contribution in [1.82, 2.24) is 4.90 Å². The highest BCUT2D eigenvalue weighted by molar-refractivity contribution is 5.96. The molecule has 1 N–H and O–H groups in total. The highest BCUT2D eigenvalue weighted by Crippen LogP contribution is 2.22. The number of carbonyl (C=O) groups is 1. The van der Waals surface area contributed by atoms with Crippen LogP contribution in [0.15, 0.2) is 24.3 Å². The molecule has 1 amide bonds. The zero-order valence-corrected chi connectivity index (χ0v) is 11.2. The van der Waals surface area contributed by atoms with Crippen molar-refractivity contribution in [1.29, 1.82) is 0 Å². The van der Waals surface area contributed by atoms with Crippen LogP contribution in [0.25, 0.3) is 0 Å². The van der Waals surface area contributed by atoms with Crippen LogP contribution in [0.1, 0.15) is 35.7 Å². The Hall–Kier alpha value is -1.79. The summed E-state index contributed by atoms with van der Waals surface area (Å²) in [7, 11) is 0. The minimum absolute atomic E-state index is 0.0544. The van der Waals surface area contributed by atoms with Crippen LogP contribution in [-0.4, -0.2) is 35.6 Å². The predicted octanol–water partition coefficient (Wildman–Crippen LogP) is 1.90. The van der Waals surface area contributed by atoms with E-state index in [9.17, 15) is 4.79 Å². The summed E-state index contributed by atoms with van der Waals surface area (Å²) in [5.41, 5.74) is 1.33. The maximum Gasteiger partial charge on any atom is 0.255 e. The molecule has 3 heteroatoms. The Bertz CT molecular complexity index is 513. The number of likely N-dealkylation sites (tertiary alicyclic amines) is 1. The van der Waals surface area contributed by atoms with Crippen molar-refractivity contribution < 1.29 is 9.90 Å². The fraction of sp³-hybridized carbons (Fsp3) is 0.438. The molecule has 0 saturated carbocycles. The van der Waals surface area contributed by atoms with Gasteiger partial charge in [-0.3, -0.25) is 4.79 Å². The third-order valence-electron chi connectivity index (χ3n) is 3.61. The van der Waals surface area contributed by atoms with Crippen LogP contribution in [0.4, 0.5) is 0 Å². The van der Waals surface area contributed by atoms with Crippen molar-refractivity contribution in [2.75, 3.05) is 19.7 Å². The first-order chi connectivity index (χ1) is 9.26. The molecule has 1 atom stereocenters. The van der Waals surface area contributed by atoms with Gasteiger partial charge in [-0.05, 0) is 24.5 Å². The fourth-order valence-electron chi connectivity index (χ4n) is 2.43. The van der Waals surface area contributed by atoms with Crippen LogP contribution in [-0.2, 0) is 0 Å². The van der Waals surface area contributed by atoms with Crippen LogP contribution in [0, 0.1) is 17.8 Å². The molecule has 1 aliphatic heterocycles. The number of benzene rings is 1. The number of hydrogen-bond acceptors (Lipinski definition) is 2. The second-order valence-electron chi connectivity index (χ2n) is 4.82. The fourth-order valence-corrected chi connectivity index (χ4v) is 2.43. The standard InChI is InChI=1S/C16H19NO2/c1-2-13-9-10-17(12-13)16(19)15-8-4-3-6-14(15)7-5-11-18/h3-4,6,8,13,18H,2,9-12H2,1H3. The number of nitrogens with zero attached hydrogens (tertiary/aromatic N) is 1. The number of aliphatic hydroxyl groups excluding tert-OH is 1. The van der Waals surface area contributed by atoms with Gasteiger partial charge in [0.2, 0.25) is 0 Å². The molecule has 100 valence electrons. The summed E-state index contributed by atoms with van der Waals surface area (Å²) in [6.07, 6.45) is 2.21. The molecule has 3 nitrogen and oxygen atoms in total. The summed E-state index contributed by atoms with van der Waals surface area (Å²) < 4.78 is 0. The molecule has 1 unspecified atom stereocenters. The van der Waals surface area contributed by atoms with Crippen LogP contribution in [0.2, 0.25) is 0 Å². The molecule has 1 saturated heterocycles. The largest absolute Gasteiger partial charge is 0.384 e. The maximum absolute atomic E-state index is 12.5. The van der Waals surface area contributed by atoms with E-state index >= 15 is 0 Å². The summed E-state index contributed by atoms with van der Waals surface area (Å²) >= 11 is 0. The van der Waals surface area contributed by atoms with Crippen LogP contribution >= 0.6 is 0 Å². The van der Waals surface area contributed by atoms with Crippen LogP contribution < -0.4 is 0 Å². The maximum atomic E-state index is 12.5. The number of hydrogen-bond donors (Lipinski definition) is 1. The second-order valence-corrected chi connectivity index (χ2v) is 4.82. The molecule has 0 radical (unpaired) electrons. The normalized spacial score (nSPS) is 18.0. The van der Waals surface area contributed by atoms with E-state index < -0.39 is 0 Å². The number of amides is 1. The highest BCUT2D eigenvalue weighted by atomic mass is 16.2. The first kappa shape index (κ1) is 13.6. The molecule has 0 aromatic heterocycles. The van der Waals surface area contributed by atoms with Gasteiger partial charge in [-0.15, -0.1) is 0 Å². The van der Waals surface area contributed by atoms with Gasteiger partial charge in [-0.1, -0.05) is 37.3 Å². The number of rotatable bonds is 2. The average Bonchev–Trinajstić information content (AvgIpc) is 2.93. The van der Waals surface area contributed by atoms with Gasteiger partial charge >= 0.3 is 0 Å². The lowest BCUT2D eigenvalue weighted by Gasteiger charge is -2.17. The van der Waals surface area contributed by atoms with Crippen molar-refractivity contribution in [2.45, 2.75) is 19.8 Å². The molecule has 1 fully saturated rings. The molecule has 1 aromatic carbocycles. The predicted molar refractivity (Wildman–Crippen MR) is 74.7 cm³/mol. The van der Waals surface area contributed by atoms with Gasteiger partial charge < -0.3 is 10.0 Å². The smallest absolute Gasteiger partial charge is 0.255 e. The van der Waals surface area contributed by atoms with Gasteiger partial charge in [0, 0.05) is 18.7 Å². The Morgan fingerprint density at radius 2 is 2.26 bits per heavy atom. The van der Waals surface area contributed by atoms with E-state index in [1.807, 2.05) is 29.2 Å². The summed E-state index contributed by atoms with van der Waals surface area (Å²) in [6.45, 7) is 3.65.